The highest BCUT2D eigenvalue weighted by atomic mass is 32.2. The van der Waals surface area contributed by atoms with E-state index in [4.69, 9.17) is 4.18 Å². The summed E-state index contributed by atoms with van der Waals surface area (Å²) in [5, 5.41) is 0.674. The molecule has 0 saturated carbocycles. The molecule has 0 atom stereocenters. The largest absolute Gasteiger partial charge is 0.378 e. The molecule has 4 nitrogen and oxygen atoms in total. The van der Waals surface area contributed by atoms with Crippen LogP contribution in [0.25, 0.3) is 10.9 Å². The number of hydrogen-bond donors (Lipinski definition) is 0. The van der Waals surface area contributed by atoms with Crippen LogP contribution in [0.5, 0.6) is 5.75 Å². The molecule has 0 radical (unpaired) electrons. The number of hydrogen-bond acceptors (Lipinski definition) is 4. The van der Waals surface area contributed by atoms with Gasteiger partial charge in [0.05, 0.1) is 5.52 Å². The molecule has 0 amide bonds. The molecule has 0 unspecified atom stereocenters. The summed E-state index contributed by atoms with van der Waals surface area (Å²) >= 11 is 0. The molecule has 0 bridgehead atoms. The SMILES string of the molecule is Cc1cc(OS(=O)(=O)c2ccc(C)c(C)c2C)c2ccccc2n1. The molecule has 0 aliphatic heterocycles. The summed E-state index contributed by atoms with van der Waals surface area (Å²) in [4.78, 5) is 4.61. The molecule has 0 aliphatic rings. The van der Waals surface area contributed by atoms with Crippen molar-refractivity contribution in [2.75, 3.05) is 0 Å². The van der Waals surface area contributed by atoms with Crippen LogP contribution in [0.4, 0.5) is 0 Å². The van der Waals surface area contributed by atoms with Gasteiger partial charge in [-0.15, -0.1) is 0 Å². The molecular formula is C19H19NO3S. The van der Waals surface area contributed by atoms with Crippen LogP contribution in [-0.4, -0.2) is 13.4 Å². The highest BCUT2D eigenvalue weighted by molar-refractivity contribution is 7.87. The van der Waals surface area contributed by atoms with Crippen LogP contribution in [0.1, 0.15) is 22.4 Å². The molecule has 24 heavy (non-hydrogen) atoms. The van der Waals surface area contributed by atoms with Crippen molar-refractivity contribution in [3.05, 3.63) is 64.8 Å². The molecule has 0 N–H and O–H groups in total. The lowest BCUT2D eigenvalue weighted by atomic mass is 10.1. The van der Waals surface area contributed by atoms with Gasteiger partial charge in [0.1, 0.15) is 4.90 Å². The first kappa shape index (κ1) is 16.5. The average molecular weight is 341 g/mol. The fourth-order valence-electron chi connectivity index (χ4n) is 2.70. The van der Waals surface area contributed by atoms with Gasteiger partial charge in [-0.25, -0.2) is 0 Å². The van der Waals surface area contributed by atoms with Gasteiger partial charge in [-0.1, -0.05) is 18.2 Å². The van der Waals surface area contributed by atoms with Crippen LogP contribution in [0.2, 0.25) is 0 Å². The number of fused-ring (bicyclic) bond motifs is 1. The fourth-order valence-corrected chi connectivity index (χ4v) is 3.93. The maximum absolute atomic E-state index is 12.8. The topological polar surface area (TPSA) is 56.3 Å². The molecule has 124 valence electrons. The Morgan fingerprint density at radius 3 is 2.38 bits per heavy atom. The summed E-state index contributed by atoms with van der Waals surface area (Å²) < 4.78 is 31.1. The van der Waals surface area contributed by atoms with Crippen LogP contribution < -0.4 is 4.18 Å². The summed E-state index contributed by atoms with van der Waals surface area (Å²) in [5.41, 5.74) is 4.13. The van der Waals surface area contributed by atoms with Gasteiger partial charge < -0.3 is 4.18 Å². The zero-order valence-corrected chi connectivity index (χ0v) is 14.9. The van der Waals surface area contributed by atoms with E-state index in [0.717, 1.165) is 11.1 Å². The van der Waals surface area contributed by atoms with E-state index in [-0.39, 0.29) is 4.90 Å². The van der Waals surface area contributed by atoms with E-state index in [1.54, 1.807) is 31.2 Å². The van der Waals surface area contributed by atoms with Crippen molar-refractivity contribution in [3.8, 4) is 5.75 Å². The maximum Gasteiger partial charge on any atom is 0.339 e. The number of benzene rings is 2. The van der Waals surface area contributed by atoms with Crippen LogP contribution >= 0.6 is 0 Å². The second kappa shape index (κ2) is 5.91. The highest BCUT2D eigenvalue weighted by Crippen LogP contribution is 2.30. The summed E-state index contributed by atoms with van der Waals surface area (Å²) in [6, 6.07) is 12.4. The van der Waals surface area contributed by atoms with Crippen molar-refractivity contribution in [2.45, 2.75) is 32.6 Å². The van der Waals surface area contributed by atoms with Crippen molar-refractivity contribution in [2.24, 2.45) is 0 Å². The van der Waals surface area contributed by atoms with E-state index in [2.05, 4.69) is 4.98 Å². The Balaban J connectivity index is 2.13. The number of nitrogens with zero attached hydrogens (tertiary/aromatic N) is 1. The number of rotatable bonds is 3. The monoisotopic (exact) mass is 341 g/mol. The van der Waals surface area contributed by atoms with Crippen molar-refractivity contribution < 1.29 is 12.6 Å². The number of aromatic nitrogens is 1. The van der Waals surface area contributed by atoms with Gasteiger partial charge in [0.25, 0.3) is 0 Å². The van der Waals surface area contributed by atoms with Gasteiger partial charge in [0.2, 0.25) is 0 Å². The lowest BCUT2D eigenvalue weighted by Gasteiger charge is -2.14. The van der Waals surface area contributed by atoms with E-state index >= 15 is 0 Å². The number of aryl methyl sites for hydroxylation is 2. The van der Waals surface area contributed by atoms with Crippen molar-refractivity contribution in [3.63, 3.8) is 0 Å². The second-order valence-electron chi connectivity index (χ2n) is 5.95. The Morgan fingerprint density at radius 2 is 1.62 bits per heavy atom. The predicted molar refractivity (Wildman–Crippen MR) is 94.9 cm³/mol. The normalized spacial score (nSPS) is 11.7. The van der Waals surface area contributed by atoms with Gasteiger partial charge in [-0.2, -0.15) is 8.42 Å². The molecule has 0 aliphatic carbocycles. The van der Waals surface area contributed by atoms with Crippen LogP contribution in [0, 0.1) is 27.7 Å². The van der Waals surface area contributed by atoms with E-state index in [1.165, 1.54) is 0 Å². The van der Waals surface area contributed by atoms with Gasteiger partial charge in [0.15, 0.2) is 5.75 Å². The molecule has 0 saturated heterocycles. The highest BCUT2D eigenvalue weighted by Gasteiger charge is 2.22. The average Bonchev–Trinajstić information content (AvgIpc) is 2.52. The van der Waals surface area contributed by atoms with Crippen LogP contribution in [0.3, 0.4) is 0 Å². The molecule has 2 aromatic carbocycles. The number of pyridine rings is 1. The van der Waals surface area contributed by atoms with Crippen LogP contribution in [-0.2, 0) is 10.1 Å². The minimum atomic E-state index is -3.92. The summed E-state index contributed by atoms with van der Waals surface area (Å²) in [6.07, 6.45) is 0. The first-order valence-electron chi connectivity index (χ1n) is 7.67. The van der Waals surface area contributed by atoms with Gasteiger partial charge >= 0.3 is 10.1 Å². The van der Waals surface area contributed by atoms with Crippen LogP contribution in [0.15, 0.2) is 47.4 Å². The molecular weight excluding hydrogens is 322 g/mol. The molecule has 3 rings (SSSR count). The predicted octanol–water partition coefficient (Wildman–Crippen LogP) is 4.24. The molecule has 1 aromatic heterocycles. The minimum Gasteiger partial charge on any atom is -0.378 e. The van der Waals surface area contributed by atoms with Crippen molar-refractivity contribution in [1.82, 2.24) is 4.98 Å². The third kappa shape index (κ3) is 2.87. The Bertz CT molecular complexity index is 1040. The van der Waals surface area contributed by atoms with Crippen molar-refractivity contribution in [1.29, 1.82) is 0 Å². The second-order valence-corrected chi connectivity index (χ2v) is 7.46. The van der Waals surface area contributed by atoms with E-state index in [0.29, 0.717) is 27.9 Å². The Hall–Kier alpha value is -2.40. The lowest BCUT2D eigenvalue weighted by molar-refractivity contribution is 0.487. The molecule has 3 aromatic rings. The zero-order valence-electron chi connectivity index (χ0n) is 14.1. The van der Waals surface area contributed by atoms with E-state index < -0.39 is 10.1 Å². The Kier molecular flexibility index (Phi) is 4.05. The third-order valence-electron chi connectivity index (χ3n) is 4.28. The quantitative estimate of drug-likeness (QED) is 0.669. The Morgan fingerprint density at radius 1 is 0.917 bits per heavy atom. The Labute approximate surface area is 142 Å². The standard InChI is InChI=1S/C19H19NO3S/c1-12-9-10-19(15(4)14(12)3)24(21,22)23-18-11-13(2)20-17-8-6-5-7-16(17)18/h5-11H,1-4H3. The fraction of sp³-hybridized carbons (Fsp3) is 0.211. The molecule has 0 spiro atoms. The first-order chi connectivity index (χ1) is 11.3. The lowest BCUT2D eigenvalue weighted by Crippen LogP contribution is -2.13. The first-order valence-corrected chi connectivity index (χ1v) is 9.08. The summed E-state index contributed by atoms with van der Waals surface area (Å²) in [6.45, 7) is 7.48. The molecule has 1 heterocycles. The van der Waals surface area contributed by atoms with Gasteiger partial charge in [-0.05, 0) is 62.6 Å². The summed E-state index contributed by atoms with van der Waals surface area (Å²) in [7, 11) is -3.92. The van der Waals surface area contributed by atoms with Gasteiger partial charge in [0, 0.05) is 17.1 Å². The summed E-state index contributed by atoms with van der Waals surface area (Å²) in [5.74, 6) is 0.302. The van der Waals surface area contributed by atoms with Gasteiger partial charge in [-0.3, -0.25) is 4.98 Å². The van der Waals surface area contributed by atoms with E-state index in [9.17, 15) is 8.42 Å². The van der Waals surface area contributed by atoms with E-state index in [1.807, 2.05) is 39.0 Å². The van der Waals surface area contributed by atoms with Crippen molar-refractivity contribution >= 4 is 21.0 Å². The minimum absolute atomic E-state index is 0.198. The smallest absolute Gasteiger partial charge is 0.339 e. The maximum atomic E-state index is 12.8. The third-order valence-corrected chi connectivity index (χ3v) is 5.66. The molecule has 0 fully saturated rings. The zero-order chi connectivity index (χ0) is 17.5. The number of para-hydroxylation sites is 1. The molecule has 5 heteroatoms.